The molecule has 74 valence electrons. The summed E-state index contributed by atoms with van der Waals surface area (Å²) in [4.78, 5) is 0. The number of alkyl halides is 3. The molecule has 0 heterocycles. The van der Waals surface area contributed by atoms with Crippen molar-refractivity contribution < 1.29 is 13.2 Å². The molecule has 0 aliphatic rings. The molecule has 0 amide bonds. The Bertz CT molecular complexity index is 255. The van der Waals surface area contributed by atoms with Crippen molar-refractivity contribution in [2.45, 2.75) is 20.0 Å². The van der Waals surface area contributed by atoms with Gasteiger partial charge in [-0.3, -0.25) is 0 Å². The lowest BCUT2D eigenvalue weighted by atomic mass is 10.1. The summed E-state index contributed by atoms with van der Waals surface area (Å²) in [5.74, 6) is 0. The van der Waals surface area contributed by atoms with Crippen molar-refractivity contribution in [2.75, 3.05) is 0 Å². The molecule has 0 spiro atoms. The first-order valence-electron chi connectivity index (χ1n) is 3.52. The van der Waals surface area contributed by atoms with Gasteiger partial charge in [0.15, 0.2) is 0 Å². The molecule has 0 unspecified atom stereocenters. The standard InChI is InChI=1S/C9H10ClF3/c1-6(2)8(9(11,12)13)5-4-7(3)10/h4-5H,1H2,2-3H3/b7-4+,8-5+. The number of allylic oxidation sites excluding steroid dienone is 5. The van der Waals surface area contributed by atoms with E-state index in [0.29, 0.717) is 5.03 Å². The topological polar surface area (TPSA) is 0 Å². The molecule has 13 heavy (non-hydrogen) atoms. The van der Waals surface area contributed by atoms with Crippen LogP contribution in [0.4, 0.5) is 13.2 Å². The molecule has 0 aromatic rings. The van der Waals surface area contributed by atoms with E-state index in [1.807, 2.05) is 0 Å². The van der Waals surface area contributed by atoms with Gasteiger partial charge in [-0.05, 0) is 31.6 Å². The first-order chi connectivity index (χ1) is 5.75. The first-order valence-corrected chi connectivity index (χ1v) is 3.90. The van der Waals surface area contributed by atoms with Crippen molar-refractivity contribution in [2.24, 2.45) is 0 Å². The van der Waals surface area contributed by atoms with E-state index < -0.39 is 11.7 Å². The predicted octanol–water partition coefficient (Wildman–Crippen LogP) is 4.19. The van der Waals surface area contributed by atoms with Gasteiger partial charge in [-0.15, -0.1) is 0 Å². The molecule has 0 N–H and O–H groups in total. The van der Waals surface area contributed by atoms with Crippen LogP contribution in [-0.4, -0.2) is 6.18 Å². The predicted molar refractivity (Wildman–Crippen MR) is 48.6 cm³/mol. The zero-order valence-corrected chi connectivity index (χ0v) is 8.13. The van der Waals surface area contributed by atoms with Crippen LogP contribution in [0.2, 0.25) is 0 Å². The molecule has 4 heteroatoms. The zero-order valence-electron chi connectivity index (χ0n) is 7.37. The molecule has 0 aliphatic carbocycles. The van der Waals surface area contributed by atoms with E-state index in [0.717, 1.165) is 6.08 Å². The van der Waals surface area contributed by atoms with Gasteiger partial charge in [0.2, 0.25) is 0 Å². The van der Waals surface area contributed by atoms with Crippen LogP contribution in [-0.2, 0) is 0 Å². The van der Waals surface area contributed by atoms with Gasteiger partial charge in [-0.25, -0.2) is 0 Å². The first kappa shape index (κ1) is 12.3. The van der Waals surface area contributed by atoms with Crippen LogP contribution in [0, 0.1) is 0 Å². The number of halogens is 4. The molecule has 0 bridgehead atoms. The van der Waals surface area contributed by atoms with Gasteiger partial charge in [0.05, 0.1) is 5.57 Å². The monoisotopic (exact) mass is 210 g/mol. The van der Waals surface area contributed by atoms with Crippen molar-refractivity contribution in [3.63, 3.8) is 0 Å². The highest BCUT2D eigenvalue weighted by atomic mass is 35.5. The van der Waals surface area contributed by atoms with Crippen LogP contribution >= 0.6 is 11.6 Å². The fourth-order valence-electron chi connectivity index (χ4n) is 0.677. The van der Waals surface area contributed by atoms with Crippen LogP contribution in [0.5, 0.6) is 0 Å². The summed E-state index contributed by atoms with van der Waals surface area (Å²) in [7, 11) is 0. The van der Waals surface area contributed by atoms with Crippen LogP contribution in [0.3, 0.4) is 0 Å². The fraction of sp³-hybridized carbons (Fsp3) is 0.333. The SMILES string of the molecule is C=C(C)/C(=C\C=C(/C)Cl)C(F)(F)F. The molecular weight excluding hydrogens is 201 g/mol. The Labute approximate surface area is 80.4 Å². The molecule has 0 aromatic carbocycles. The van der Waals surface area contributed by atoms with E-state index in [4.69, 9.17) is 11.6 Å². The summed E-state index contributed by atoms with van der Waals surface area (Å²) in [6.45, 7) is 6.05. The maximum Gasteiger partial charge on any atom is 0.416 e. The third kappa shape index (κ3) is 4.78. The highest BCUT2D eigenvalue weighted by Crippen LogP contribution is 2.30. The van der Waals surface area contributed by atoms with Gasteiger partial charge < -0.3 is 0 Å². The lowest BCUT2D eigenvalue weighted by Crippen LogP contribution is -2.12. The van der Waals surface area contributed by atoms with E-state index in [9.17, 15) is 13.2 Å². The average Bonchev–Trinajstić information content (AvgIpc) is 1.81. The molecule has 0 radical (unpaired) electrons. The number of rotatable bonds is 2. The Morgan fingerprint density at radius 3 is 1.92 bits per heavy atom. The van der Waals surface area contributed by atoms with E-state index in [1.165, 1.54) is 19.9 Å². The zero-order chi connectivity index (χ0) is 10.6. The Morgan fingerprint density at radius 1 is 1.23 bits per heavy atom. The third-order valence-corrected chi connectivity index (χ3v) is 1.37. The number of hydrogen-bond acceptors (Lipinski definition) is 0. The summed E-state index contributed by atoms with van der Waals surface area (Å²) in [5, 5.41) is 0.294. The largest absolute Gasteiger partial charge is 0.416 e. The lowest BCUT2D eigenvalue weighted by molar-refractivity contribution is -0.0892. The minimum atomic E-state index is -4.37. The minimum absolute atomic E-state index is 0.0262. The highest BCUT2D eigenvalue weighted by molar-refractivity contribution is 6.29. The normalized spacial score (nSPS) is 14.6. The van der Waals surface area contributed by atoms with Gasteiger partial charge in [0.25, 0.3) is 0 Å². The molecule has 0 aromatic heterocycles. The van der Waals surface area contributed by atoms with Crippen molar-refractivity contribution in [3.8, 4) is 0 Å². The van der Waals surface area contributed by atoms with Crippen molar-refractivity contribution in [3.05, 3.63) is 34.9 Å². The second kappa shape index (κ2) is 4.51. The lowest BCUT2D eigenvalue weighted by Gasteiger charge is -2.09. The molecule has 0 aliphatic heterocycles. The maximum absolute atomic E-state index is 12.2. The van der Waals surface area contributed by atoms with E-state index in [1.54, 1.807) is 0 Å². The number of hydrogen-bond donors (Lipinski definition) is 0. The maximum atomic E-state index is 12.2. The smallest absolute Gasteiger partial charge is 0.166 e. The summed E-state index contributed by atoms with van der Waals surface area (Å²) in [5.41, 5.74) is -0.783. The minimum Gasteiger partial charge on any atom is -0.166 e. The summed E-state index contributed by atoms with van der Waals surface area (Å²) in [6.07, 6.45) is -2.25. The quantitative estimate of drug-likeness (QED) is 0.600. The second-order valence-corrected chi connectivity index (χ2v) is 3.21. The summed E-state index contributed by atoms with van der Waals surface area (Å²) >= 11 is 5.40. The summed E-state index contributed by atoms with van der Waals surface area (Å²) in [6, 6.07) is 0. The van der Waals surface area contributed by atoms with Crippen LogP contribution in [0.25, 0.3) is 0 Å². The molecule has 0 nitrogen and oxygen atoms in total. The van der Waals surface area contributed by atoms with Crippen molar-refractivity contribution >= 4 is 11.6 Å². The van der Waals surface area contributed by atoms with Gasteiger partial charge in [0.1, 0.15) is 0 Å². The molecule has 0 fully saturated rings. The third-order valence-electron chi connectivity index (χ3n) is 1.24. The Morgan fingerprint density at radius 2 is 1.69 bits per heavy atom. The molecule has 0 atom stereocenters. The summed E-state index contributed by atoms with van der Waals surface area (Å²) < 4.78 is 36.7. The Hall–Kier alpha value is -0.700. The molecule has 0 saturated carbocycles. The molecular formula is C9H10ClF3. The van der Waals surface area contributed by atoms with Crippen LogP contribution in [0.1, 0.15) is 13.8 Å². The van der Waals surface area contributed by atoms with Gasteiger partial charge in [-0.1, -0.05) is 18.2 Å². The van der Waals surface area contributed by atoms with Crippen molar-refractivity contribution in [1.29, 1.82) is 0 Å². The Kier molecular flexibility index (Phi) is 4.27. The van der Waals surface area contributed by atoms with E-state index in [-0.39, 0.29) is 5.57 Å². The molecule has 0 saturated heterocycles. The van der Waals surface area contributed by atoms with Crippen molar-refractivity contribution in [1.82, 2.24) is 0 Å². The molecule has 0 rings (SSSR count). The van der Waals surface area contributed by atoms with E-state index >= 15 is 0 Å². The second-order valence-electron chi connectivity index (χ2n) is 2.61. The van der Waals surface area contributed by atoms with Crippen LogP contribution in [0.15, 0.2) is 34.9 Å². The Balaban J connectivity index is 4.95. The van der Waals surface area contributed by atoms with Gasteiger partial charge in [-0.2, -0.15) is 13.2 Å². The van der Waals surface area contributed by atoms with Gasteiger partial charge >= 0.3 is 6.18 Å². The average molecular weight is 211 g/mol. The van der Waals surface area contributed by atoms with Crippen LogP contribution < -0.4 is 0 Å². The van der Waals surface area contributed by atoms with Gasteiger partial charge in [0, 0.05) is 5.03 Å². The van der Waals surface area contributed by atoms with E-state index in [2.05, 4.69) is 6.58 Å². The highest BCUT2D eigenvalue weighted by Gasteiger charge is 2.33. The fourth-order valence-corrected chi connectivity index (χ4v) is 0.740.